The highest BCUT2D eigenvalue weighted by Crippen LogP contribution is 2.38. The Morgan fingerprint density at radius 1 is 1.11 bits per heavy atom. The number of hydrogen-bond acceptors (Lipinski definition) is 3. The third kappa shape index (κ3) is 6.96. The lowest BCUT2D eigenvalue weighted by Crippen LogP contribution is -2.34. The van der Waals surface area contributed by atoms with Crippen LogP contribution in [-0.4, -0.2) is 36.3 Å². The predicted octanol–water partition coefficient (Wildman–Crippen LogP) is 5.22. The van der Waals surface area contributed by atoms with Crippen LogP contribution < -0.4 is 4.74 Å². The van der Waals surface area contributed by atoms with Crippen LogP contribution in [0.5, 0.6) is 5.75 Å². The molecule has 1 aromatic carbocycles. The zero-order valence-electron chi connectivity index (χ0n) is 19.3. The highest BCUT2D eigenvalue weighted by molar-refractivity contribution is 5.80. The first kappa shape index (κ1) is 24.2. The molecule has 0 saturated heterocycles. The first-order valence-electron chi connectivity index (χ1n) is 10.4. The molecule has 0 bridgehead atoms. The van der Waals surface area contributed by atoms with Gasteiger partial charge in [0.25, 0.3) is 0 Å². The summed E-state index contributed by atoms with van der Waals surface area (Å²) in [5.41, 5.74) is 3.06. The van der Waals surface area contributed by atoms with E-state index in [0.29, 0.717) is 25.8 Å². The van der Waals surface area contributed by atoms with Gasteiger partial charge in [0.2, 0.25) is 5.91 Å². The van der Waals surface area contributed by atoms with E-state index in [0.717, 1.165) is 22.4 Å². The van der Waals surface area contributed by atoms with Crippen LogP contribution >= 0.6 is 0 Å². The van der Waals surface area contributed by atoms with Crippen LogP contribution in [0.25, 0.3) is 0 Å². The van der Waals surface area contributed by atoms with Crippen LogP contribution in [0.15, 0.2) is 12.1 Å². The van der Waals surface area contributed by atoms with Gasteiger partial charge in [-0.25, -0.2) is 0 Å². The van der Waals surface area contributed by atoms with Crippen molar-refractivity contribution in [2.24, 2.45) is 5.92 Å². The van der Waals surface area contributed by atoms with Crippen molar-refractivity contribution in [3.8, 4) is 5.75 Å². The number of ether oxygens (including phenoxy) is 1. The topological polar surface area (TPSA) is 46.6 Å². The molecule has 4 nitrogen and oxygen atoms in total. The van der Waals surface area contributed by atoms with Crippen molar-refractivity contribution in [2.45, 2.75) is 86.2 Å². The summed E-state index contributed by atoms with van der Waals surface area (Å²) in [5, 5.41) is 0. The molecule has 0 atom stereocenters. The maximum Gasteiger partial charge on any atom is 0.223 e. The Bertz CT molecular complexity index is 689. The molecular formula is C24H39NO3. The SMILES string of the molecule is Cc1cc(C)c(C(C)(C)CC(=O)N(C)CCCC(=O)C(C)C)c(OC(C)C)c1. The number of benzene rings is 1. The fourth-order valence-corrected chi connectivity index (χ4v) is 3.65. The van der Waals surface area contributed by atoms with Gasteiger partial charge in [0.05, 0.1) is 6.10 Å². The first-order chi connectivity index (χ1) is 12.8. The van der Waals surface area contributed by atoms with Gasteiger partial charge < -0.3 is 9.64 Å². The summed E-state index contributed by atoms with van der Waals surface area (Å²) in [5.74, 6) is 1.28. The average Bonchev–Trinajstić information content (AvgIpc) is 2.52. The van der Waals surface area contributed by atoms with E-state index in [-0.39, 0.29) is 29.1 Å². The number of hydrogen-bond donors (Lipinski definition) is 0. The normalized spacial score (nSPS) is 11.8. The van der Waals surface area contributed by atoms with Crippen molar-refractivity contribution in [1.29, 1.82) is 0 Å². The second-order valence-electron chi connectivity index (χ2n) is 9.22. The zero-order chi connectivity index (χ0) is 21.6. The second-order valence-corrected chi connectivity index (χ2v) is 9.22. The molecule has 0 aromatic heterocycles. The van der Waals surface area contributed by atoms with E-state index in [4.69, 9.17) is 4.74 Å². The summed E-state index contributed by atoms with van der Waals surface area (Å²) < 4.78 is 6.09. The Morgan fingerprint density at radius 2 is 1.71 bits per heavy atom. The summed E-state index contributed by atoms with van der Waals surface area (Å²) in [6.07, 6.45) is 1.72. The van der Waals surface area contributed by atoms with Gasteiger partial charge in [0.1, 0.15) is 11.5 Å². The lowest BCUT2D eigenvalue weighted by atomic mass is 9.78. The van der Waals surface area contributed by atoms with Crippen molar-refractivity contribution < 1.29 is 14.3 Å². The smallest absolute Gasteiger partial charge is 0.223 e. The molecule has 0 aliphatic rings. The van der Waals surface area contributed by atoms with Gasteiger partial charge in [-0.1, -0.05) is 33.8 Å². The fourth-order valence-electron chi connectivity index (χ4n) is 3.65. The Labute approximate surface area is 171 Å². The van der Waals surface area contributed by atoms with Crippen molar-refractivity contribution in [2.75, 3.05) is 13.6 Å². The van der Waals surface area contributed by atoms with Gasteiger partial charge in [-0.15, -0.1) is 0 Å². The molecule has 0 radical (unpaired) electrons. The number of nitrogens with zero attached hydrogens (tertiary/aromatic N) is 1. The molecule has 0 saturated carbocycles. The maximum atomic E-state index is 12.9. The third-order valence-corrected chi connectivity index (χ3v) is 5.06. The molecule has 158 valence electrons. The van der Waals surface area contributed by atoms with Crippen LogP contribution in [0.2, 0.25) is 0 Å². The zero-order valence-corrected chi connectivity index (χ0v) is 19.3. The molecule has 28 heavy (non-hydrogen) atoms. The molecular weight excluding hydrogens is 350 g/mol. The summed E-state index contributed by atoms with van der Waals surface area (Å²) in [6, 6.07) is 4.21. The van der Waals surface area contributed by atoms with Gasteiger partial charge in [0, 0.05) is 43.3 Å². The molecule has 0 fully saturated rings. The van der Waals surface area contributed by atoms with Crippen molar-refractivity contribution in [1.82, 2.24) is 4.90 Å². The summed E-state index contributed by atoms with van der Waals surface area (Å²) in [6.45, 7) is 16.8. The predicted molar refractivity (Wildman–Crippen MR) is 116 cm³/mol. The highest BCUT2D eigenvalue weighted by Gasteiger charge is 2.31. The van der Waals surface area contributed by atoms with Crippen molar-refractivity contribution in [3.63, 3.8) is 0 Å². The van der Waals surface area contributed by atoms with Crippen LogP contribution in [-0.2, 0) is 15.0 Å². The first-order valence-corrected chi connectivity index (χ1v) is 10.4. The second kappa shape index (κ2) is 10.1. The van der Waals surface area contributed by atoms with Gasteiger partial charge in [0.15, 0.2) is 0 Å². The quantitative estimate of drug-likeness (QED) is 0.551. The lowest BCUT2D eigenvalue weighted by Gasteiger charge is -2.31. The van der Waals surface area contributed by atoms with E-state index in [1.54, 1.807) is 4.90 Å². The minimum Gasteiger partial charge on any atom is -0.491 e. The number of carbonyl (C=O) groups excluding carboxylic acids is 2. The molecule has 1 amide bonds. The highest BCUT2D eigenvalue weighted by atomic mass is 16.5. The number of ketones is 1. The number of Topliss-reactive ketones (excluding diaryl/α,β-unsaturated/α-hetero) is 1. The number of aryl methyl sites for hydroxylation is 2. The molecule has 0 aliphatic heterocycles. The summed E-state index contributed by atoms with van der Waals surface area (Å²) >= 11 is 0. The largest absolute Gasteiger partial charge is 0.491 e. The Kier molecular flexibility index (Phi) is 8.72. The molecule has 0 unspecified atom stereocenters. The van der Waals surface area contributed by atoms with Crippen LogP contribution in [0.1, 0.15) is 77.5 Å². The van der Waals surface area contributed by atoms with Gasteiger partial charge in [-0.2, -0.15) is 0 Å². The Hall–Kier alpha value is -1.84. The van der Waals surface area contributed by atoms with Gasteiger partial charge >= 0.3 is 0 Å². The molecule has 1 aromatic rings. The van der Waals surface area contributed by atoms with Crippen molar-refractivity contribution >= 4 is 11.7 Å². The monoisotopic (exact) mass is 389 g/mol. The number of carbonyl (C=O) groups is 2. The summed E-state index contributed by atoms with van der Waals surface area (Å²) in [7, 11) is 1.83. The third-order valence-electron chi connectivity index (χ3n) is 5.06. The minimum atomic E-state index is -0.346. The molecule has 0 spiro atoms. The molecule has 1 rings (SSSR count). The van der Waals surface area contributed by atoms with E-state index in [1.165, 1.54) is 0 Å². The minimum absolute atomic E-state index is 0.0591. The molecule has 0 heterocycles. The number of rotatable bonds is 10. The standard InChI is InChI=1S/C24H39NO3/c1-16(2)20(26)11-10-12-25(9)22(27)15-24(7,8)23-19(6)13-18(5)14-21(23)28-17(3)4/h13-14,16-17H,10-12,15H2,1-9H3. The average molecular weight is 390 g/mol. The van der Waals surface area contributed by atoms with Crippen LogP contribution in [0, 0.1) is 19.8 Å². The maximum absolute atomic E-state index is 12.9. The fraction of sp³-hybridized carbons (Fsp3) is 0.667. The van der Waals surface area contributed by atoms with E-state index in [9.17, 15) is 9.59 Å². The van der Waals surface area contributed by atoms with Gasteiger partial charge in [-0.3, -0.25) is 9.59 Å². The van der Waals surface area contributed by atoms with E-state index in [1.807, 2.05) is 34.7 Å². The Morgan fingerprint density at radius 3 is 2.25 bits per heavy atom. The lowest BCUT2D eigenvalue weighted by molar-refractivity contribution is -0.131. The van der Waals surface area contributed by atoms with E-state index < -0.39 is 0 Å². The van der Waals surface area contributed by atoms with Crippen LogP contribution in [0.4, 0.5) is 0 Å². The van der Waals surface area contributed by atoms with Crippen molar-refractivity contribution in [3.05, 3.63) is 28.8 Å². The summed E-state index contributed by atoms with van der Waals surface area (Å²) in [4.78, 5) is 26.4. The molecule has 0 N–H and O–H groups in total. The van der Waals surface area contributed by atoms with E-state index >= 15 is 0 Å². The number of amides is 1. The van der Waals surface area contributed by atoms with E-state index in [2.05, 4.69) is 39.8 Å². The van der Waals surface area contributed by atoms with Gasteiger partial charge in [-0.05, 0) is 51.3 Å². The molecule has 4 heteroatoms. The Balaban J connectivity index is 2.90. The molecule has 0 aliphatic carbocycles. The van der Waals surface area contributed by atoms with Crippen LogP contribution in [0.3, 0.4) is 0 Å².